The minimum Gasteiger partial charge on any atom is -0.395 e. The van der Waals surface area contributed by atoms with Gasteiger partial charge in [-0.1, -0.05) is 12.1 Å². The largest absolute Gasteiger partial charge is 0.395 e. The maximum absolute atomic E-state index is 13.7. The van der Waals surface area contributed by atoms with Gasteiger partial charge < -0.3 is 10.0 Å². The second-order valence-corrected chi connectivity index (χ2v) is 5.08. The van der Waals surface area contributed by atoms with Crippen molar-refractivity contribution in [2.45, 2.75) is 18.9 Å². The van der Waals surface area contributed by atoms with E-state index in [9.17, 15) is 9.18 Å². The quantitative estimate of drug-likeness (QED) is 0.909. The third-order valence-electron chi connectivity index (χ3n) is 3.52. The van der Waals surface area contributed by atoms with Crippen LogP contribution in [0, 0.1) is 5.82 Å². The Labute approximate surface area is 121 Å². The number of rotatable bonds is 5. The summed E-state index contributed by atoms with van der Waals surface area (Å²) < 4.78 is 15.1. The molecule has 0 aliphatic heterocycles. The van der Waals surface area contributed by atoms with Crippen molar-refractivity contribution in [3.8, 4) is 5.69 Å². The van der Waals surface area contributed by atoms with Crippen molar-refractivity contribution in [1.82, 2.24) is 14.7 Å². The zero-order valence-corrected chi connectivity index (χ0v) is 11.4. The molecule has 0 radical (unpaired) electrons. The summed E-state index contributed by atoms with van der Waals surface area (Å²) in [5, 5.41) is 13.1. The number of halogens is 1. The van der Waals surface area contributed by atoms with E-state index in [2.05, 4.69) is 5.10 Å². The molecule has 0 atom stereocenters. The number of carbonyl (C=O) groups excluding carboxylic acids is 1. The normalized spacial score (nSPS) is 14.2. The Balaban J connectivity index is 1.84. The molecule has 1 N–H and O–H groups in total. The minimum absolute atomic E-state index is 0.0658. The molecule has 1 aromatic heterocycles. The monoisotopic (exact) mass is 289 g/mol. The van der Waals surface area contributed by atoms with Gasteiger partial charge in [-0.3, -0.25) is 4.79 Å². The lowest BCUT2D eigenvalue weighted by molar-refractivity contribution is 0.0707. The standard InChI is InChI=1S/C15H16FN3O2/c16-13-3-1-2-4-14(13)19-10-11(9-17-19)15(21)18(7-8-20)12-5-6-12/h1-4,9-10,12,20H,5-8H2. The van der Waals surface area contributed by atoms with E-state index in [-0.39, 0.29) is 18.6 Å². The van der Waals surface area contributed by atoms with Crippen molar-refractivity contribution in [2.24, 2.45) is 0 Å². The summed E-state index contributed by atoms with van der Waals surface area (Å²) in [6, 6.07) is 6.47. The Morgan fingerprint density at radius 2 is 2.19 bits per heavy atom. The molecule has 5 nitrogen and oxygen atoms in total. The Morgan fingerprint density at radius 3 is 2.86 bits per heavy atom. The van der Waals surface area contributed by atoms with Crippen LogP contribution in [0.25, 0.3) is 5.69 Å². The fraction of sp³-hybridized carbons (Fsp3) is 0.333. The Hall–Kier alpha value is -2.21. The zero-order valence-electron chi connectivity index (χ0n) is 11.4. The molecule has 110 valence electrons. The van der Waals surface area contributed by atoms with Crippen molar-refractivity contribution >= 4 is 5.91 Å². The average Bonchev–Trinajstić information content (AvgIpc) is 3.21. The summed E-state index contributed by atoms with van der Waals surface area (Å²) in [6.45, 7) is 0.248. The Morgan fingerprint density at radius 1 is 1.43 bits per heavy atom. The topological polar surface area (TPSA) is 58.4 Å². The lowest BCUT2D eigenvalue weighted by Crippen LogP contribution is -2.35. The fourth-order valence-corrected chi connectivity index (χ4v) is 2.31. The van der Waals surface area contributed by atoms with Crippen molar-refractivity contribution < 1.29 is 14.3 Å². The summed E-state index contributed by atoms with van der Waals surface area (Å²) in [7, 11) is 0. The number of nitrogens with zero attached hydrogens (tertiary/aromatic N) is 3. The highest BCUT2D eigenvalue weighted by Crippen LogP contribution is 2.28. The van der Waals surface area contributed by atoms with Crippen LogP contribution in [-0.2, 0) is 0 Å². The van der Waals surface area contributed by atoms with E-state index in [0.29, 0.717) is 17.8 Å². The molecule has 1 saturated carbocycles. The van der Waals surface area contributed by atoms with Gasteiger partial charge in [0.1, 0.15) is 11.5 Å². The van der Waals surface area contributed by atoms with Gasteiger partial charge in [-0.25, -0.2) is 9.07 Å². The first-order valence-corrected chi connectivity index (χ1v) is 6.92. The molecule has 0 bridgehead atoms. The molecule has 2 aromatic rings. The van der Waals surface area contributed by atoms with Crippen LogP contribution in [0.3, 0.4) is 0 Å². The molecule has 1 aromatic carbocycles. The Bertz CT molecular complexity index is 652. The third kappa shape index (κ3) is 2.80. The highest BCUT2D eigenvalue weighted by molar-refractivity contribution is 5.94. The molecule has 1 heterocycles. The van der Waals surface area contributed by atoms with Gasteiger partial charge in [0.15, 0.2) is 0 Å². The molecule has 1 amide bonds. The average molecular weight is 289 g/mol. The van der Waals surface area contributed by atoms with E-state index in [1.807, 2.05) is 0 Å². The molecule has 3 rings (SSSR count). The number of benzene rings is 1. The second-order valence-electron chi connectivity index (χ2n) is 5.08. The third-order valence-corrected chi connectivity index (χ3v) is 3.52. The SMILES string of the molecule is O=C(c1cnn(-c2ccccc2F)c1)N(CCO)C1CC1. The maximum Gasteiger partial charge on any atom is 0.257 e. The van der Waals surface area contributed by atoms with Crippen LogP contribution in [0.5, 0.6) is 0 Å². The summed E-state index contributed by atoms with van der Waals surface area (Å²) in [5.74, 6) is -0.567. The molecule has 0 saturated heterocycles. The lowest BCUT2D eigenvalue weighted by Gasteiger charge is -2.20. The van der Waals surface area contributed by atoms with Gasteiger partial charge in [-0.05, 0) is 25.0 Å². The predicted molar refractivity (Wildman–Crippen MR) is 74.7 cm³/mol. The van der Waals surface area contributed by atoms with Crippen molar-refractivity contribution in [2.75, 3.05) is 13.2 Å². The van der Waals surface area contributed by atoms with Crippen LogP contribution < -0.4 is 0 Å². The van der Waals surface area contributed by atoms with Gasteiger partial charge in [-0.2, -0.15) is 5.10 Å². The van der Waals surface area contributed by atoms with E-state index < -0.39 is 5.82 Å². The van der Waals surface area contributed by atoms with E-state index in [1.54, 1.807) is 23.1 Å². The van der Waals surface area contributed by atoms with E-state index in [0.717, 1.165) is 12.8 Å². The summed E-state index contributed by atoms with van der Waals surface area (Å²) in [4.78, 5) is 14.1. The van der Waals surface area contributed by atoms with Gasteiger partial charge in [-0.15, -0.1) is 0 Å². The van der Waals surface area contributed by atoms with Gasteiger partial charge in [0, 0.05) is 18.8 Å². The van der Waals surface area contributed by atoms with E-state index >= 15 is 0 Å². The Kier molecular flexibility index (Phi) is 3.70. The predicted octanol–water partition coefficient (Wildman–Crippen LogP) is 1.61. The summed E-state index contributed by atoms with van der Waals surface area (Å²) >= 11 is 0. The van der Waals surface area contributed by atoms with Crippen LogP contribution >= 0.6 is 0 Å². The highest BCUT2D eigenvalue weighted by atomic mass is 19.1. The van der Waals surface area contributed by atoms with Crippen molar-refractivity contribution in [3.63, 3.8) is 0 Å². The fourth-order valence-electron chi connectivity index (χ4n) is 2.31. The summed E-state index contributed by atoms with van der Waals surface area (Å²) in [5.41, 5.74) is 0.704. The molecule has 0 spiro atoms. The molecule has 1 fully saturated rings. The number of hydrogen-bond acceptors (Lipinski definition) is 3. The van der Waals surface area contributed by atoms with Crippen LogP contribution in [-0.4, -0.2) is 44.9 Å². The first-order chi connectivity index (χ1) is 10.2. The second kappa shape index (κ2) is 5.65. The molecule has 1 aliphatic carbocycles. The molecular formula is C15H16FN3O2. The van der Waals surface area contributed by atoms with Gasteiger partial charge in [0.2, 0.25) is 0 Å². The van der Waals surface area contributed by atoms with E-state index in [1.165, 1.54) is 23.1 Å². The first-order valence-electron chi connectivity index (χ1n) is 6.92. The number of para-hydroxylation sites is 1. The molecule has 6 heteroatoms. The van der Waals surface area contributed by atoms with Crippen LogP contribution in [0.15, 0.2) is 36.7 Å². The number of aliphatic hydroxyl groups is 1. The van der Waals surface area contributed by atoms with Crippen LogP contribution in [0.2, 0.25) is 0 Å². The number of carbonyl (C=O) groups is 1. The highest BCUT2D eigenvalue weighted by Gasteiger charge is 2.33. The molecular weight excluding hydrogens is 273 g/mol. The molecule has 1 aliphatic rings. The van der Waals surface area contributed by atoms with Crippen molar-refractivity contribution in [1.29, 1.82) is 0 Å². The van der Waals surface area contributed by atoms with Gasteiger partial charge in [0.25, 0.3) is 5.91 Å². The van der Waals surface area contributed by atoms with Crippen LogP contribution in [0.4, 0.5) is 4.39 Å². The molecule has 21 heavy (non-hydrogen) atoms. The van der Waals surface area contributed by atoms with Crippen molar-refractivity contribution in [3.05, 3.63) is 48.0 Å². The van der Waals surface area contributed by atoms with E-state index in [4.69, 9.17) is 5.11 Å². The number of aliphatic hydroxyl groups excluding tert-OH is 1. The van der Waals surface area contributed by atoms with Crippen LogP contribution in [0.1, 0.15) is 23.2 Å². The lowest BCUT2D eigenvalue weighted by atomic mass is 10.3. The maximum atomic E-state index is 13.7. The first kappa shape index (κ1) is 13.8. The number of aromatic nitrogens is 2. The zero-order chi connectivity index (χ0) is 14.8. The van der Waals surface area contributed by atoms with Gasteiger partial charge >= 0.3 is 0 Å². The van der Waals surface area contributed by atoms with Gasteiger partial charge in [0.05, 0.1) is 18.4 Å². The summed E-state index contributed by atoms with van der Waals surface area (Å²) in [6.07, 6.45) is 4.88. The number of hydrogen-bond donors (Lipinski definition) is 1. The number of amides is 1. The molecule has 0 unspecified atom stereocenters. The minimum atomic E-state index is -0.394. The smallest absolute Gasteiger partial charge is 0.257 e.